The lowest BCUT2D eigenvalue weighted by Crippen LogP contribution is -2.37. The predicted molar refractivity (Wildman–Crippen MR) is 107 cm³/mol. The van der Waals surface area contributed by atoms with Crippen LogP contribution in [0.2, 0.25) is 5.02 Å². The van der Waals surface area contributed by atoms with Gasteiger partial charge in [-0.3, -0.25) is 19.6 Å². The standard InChI is InChI=1S/C20H19ClN4O3/c1-11-9-15(22-17-16(11)18(26)24-20(28)23-17)19(27)25-8-4-6-13(25)10-12-5-2-3-7-14(12)21/h2-3,5,7,9,13H,4,6,8,10H2,1H3,(H2,22,23,24,26,28). The summed E-state index contributed by atoms with van der Waals surface area (Å²) in [5.74, 6) is -0.208. The van der Waals surface area contributed by atoms with Crippen LogP contribution in [0.4, 0.5) is 0 Å². The molecule has 1 aliphatic rings. The Balaban J connectivity index is 1.67. The number of likely N-dealkylation sites (tertiary alicyclic amines) is 1. The van der Waals surface area contributed by atoms with Crippen molar-refractivity contribution >= 4 is 28.5 Å². The molecule has 1 aromatic carbocycles. The first-order valence-electron chi connectivity index (χ1n) is 9.12. The van der Waals surface area contributed by atoms with Crippen molar-refractivity contribution in [2.45, 2.75) is 32.2 Å². The predicted octanol–water partition coefficient (Wildman–Crippen LogP) is 2.42. The second-order valence-electron chi connectivity index (χ2n) is 7.05. The van der Waals surface area contributed by atoms with Gasteiger partial charge in [-0.1, -0.05) is 29.8 Å². The molecule has 0 radical (unpaired) electrons. The van der Waals surface area contributed by atoms with Gasteiger partial charge in [-0.15, -0.1) is 0 Å². The molecule has 1 atom stereocenters. The Morgan fingerprint density at radius 3 is 2.86 bits per heavy atom. The topological polar surface area (TPSA) is 98.9 Å². The quantitative estimate of drug-likeness (QED) is 0.707. The summed E-state index contributed by atoms with van der Waals surface area (Å²) in [5, 5.41) is 0.975. The number of amides is 1. The molecule has 1 unspecified atom stereocenters. The van der Waals surface area contributed by atoms with E-state index in [1.54, 1.807) is 13.0 Å². The number of halogens is 1. The SMILES string of the molecule is Cc1cc(C(=O)N2CCCC2Cc2ccccc2Cl)nc2[nH]c(=O)[nH]c(=O)c12. The Labute approximate surface area is 165 Å². The van der Waals surface area contributed by atoms with Crippen molar-refractivity contribution in [2.75, 3.05) is 6.54 Å². The first-order chi connectivity index (χ1) is 13.4. The van der Waals surface area contributed by atoms with Crippen molar-refractivity contribution in [3.05, 3.63) is 73.0 Å². The van der Waals surface area contributed by atoms with Crippen molar-refractivity contribution in [2.24, 2.45) is 0 Å². The van der Waals surface area contributed by atoms with E-state index in [0.29, 0.717) is 23.6 Å². The average molecular weight is 399 g/mol. The number of carbonyl (C=O) groups is 1. The van der Waals surface area contributed by atoms with Crippen LogP contribution < -0.4 is 11.2 Å². The van der Waals surface area contributed by atoms with E-state index in [2.05, 4.69) is 15.0 Å². The number of H-pyrrole nitrogens is 2. The molecule has 1 fully saturated rings. The van der Waals surface area contributed by atoms with Crippen LogP contribution in [0.5, 0.6) is 0 Å². The fourth-order valence-electron chi connectivity index (χ4n) is 3.84. The Bertz CT molecular complexity index is 1180. The van der Waals surface area contributed by atoms with E-state index in [4.69, 9.17) is 11.6 Å². The molecule has 4 rings (SSSR count). The summed E-state index contributed by atoms with van der Waals surface area (Å²) in [6, 6.07) is 9.27. The Kier molecular flexibility index (Phi) is 4.77. The van der Waals surface area contributed by atoms with Crippen LogP contribution in [0.25, 0.3) is 11.0 Å². The molecule has 28 heavy (non-hydrogen) atoms. The number of nitrogens with zero attached hydrogens (tertiary/aromatic N) is 2. The molecule has 0 spiro atoms. The lowest BCUT2D eigenvalue weighted by molar-refractivity contribution is 0.0731. The van der Waals surface area contributed by atoms with Gasteiger partial charge < -0.3 is 4.90 Å². The van der Waals surface area contributed by atoms with Gasteiger partial charge in [-0.25, -0.2) is 9.78 Å². The van der Waals surface area contributed by atoms with Gasteiger partial charge in [-0.05, 0) is 49.4 Å². The number of aryl methyl sites for hydroxylation is 1. The van der Waals surface area contributed by atoms with E-state index >= 15 is 0 Å². The number of fused-ring (bicyclic) bond motifs is 1. The zero-order chi connectivity index (χ0) is 19.8. The van der Waals surface area contributed by atoms with Gasteiger partial charge in [0.25, 0.3) is 11.5 Å². The van der Waals surface area contributed by atoms with E-state index in [0.717, 1.165) is 18.4 Å². The molecule has 2 N–H and O–H groups in total. The third-order valence-electron chi connectivity index (χ3n) is 5.17. The van der Waals surface area contributed by atoms with Crippen molar-refractivity contribution < 1.29 is 4.79 Å². The third kappa shape index (κ3) is 3.33. The van der Waals surface area contributed by atoms with Crippen LogP contribution in [0.3, 0.4) is 0 Å². The molecule has 3 aromatic rings. The van der Waals surface area contributed by atoms with Crippen LogP contribution in [0, 0.1) is 6.92 Å². The molecule has 8 heteroatoms. The highest BCUT2D eigenvalue weighted by molar-refractivity contribution is 6.31. The number of rotatable bonds is 3. The fraction of sp³-hybridized carbons (Fsp3) is 0.300. The summed E-state index contributed by atoms with van der Waals surface area (Å²) in [7, 11) is 0. The minimum Gasteiger partial charge on any atom is -0.334 e. The zero-order valence-electron chi connectivity index (χ0n) is 15.3. The average Bonchev–Trinajstić information content (AvgIpc) is 3.10. The molecule has 7 nitrogen and oxygen atoms in total. The number of aromatic amines is 2. The highest BCUT2D eigenvalue weighted by Gasteiger charge is 2.31. The van der Waals surface area contributed by atoms with E-state index in [1.165, 1.54) is 0 Å². The number of carbonyl (C=O) groups excluding carboxylic acids is 1. The molecule has 3 heterocycles. The van der Waals surface area contributed by atoms with Gasteiger partial charge in [-0.2, -0.15) is 0 Å². The zero-order valence-corrected chi connectivity index (χ0v) is 16.0. The second-order valence-corrected chi connectivity index (χ2v) is 7.45. The number of benzene rings is 1. The van der Waals surface area contributed by atoms with E-state index in [9.17, 15) is 14.4 Å². The van der Waals surface area contributed by atoms with Crippen LogP contribution >= 0.6 is 11.6 Å². The van der Waals surface area contributed by atoms with Gasteiger partial charge in [0.15, 0.2) is 0 Å². The molecule has 1 amide bonds. The molecule has 0 aliphatic carbocycles. The minimum absolute atomic E-state index is 0.0310. The van der Waals surface area contributed by atoms with Gasteiger partial charge in [0.2, 0.25) is 0 Å². The Morgan fingerprint density at radius 2 is 2.07 bits per heavy atom. The van der Waals surface area contributed by atoms with Crippen molar-refractivity contribution in [1.29, 1.82) is 0 Å². The monoisotopic (exact) mass is 398 g/mol. The van der Waals surface area contributed by atoms with E-state index in [-0.39, 0.29) is 28.7 Å². The first-order valence-corrected chi connectivity index (χ1v) is 9.50. The maximum Gasteiger partial charge on any atom is 0.327 e. The maximum absolute atomic E-state index is 13.2. The molecule has 1 aliphatic heterocycles. The summed E-state index contributed by atoms with van der Waals surface area (Å²) in [5.41, 5.74) is 0.781. The molecule has 2 aromatic heterocycles. The third-order valence-corrected chi connectivity index (χ3v) is 5.54. The molecule has 1 saturated heterocycles. The van der Waals surface area contributed by atoms with Gasteiger partial charge >= 0.3 is 5.69 Å². The summed E-state index contributed by atoms with van der Waals surface area (Å²) >= 11 is 6.28. The number of aromatic nitrogens is 3. The maximum atomic E-state index is 13.2. The summed E-state index contributed by atoms with van der Waals surface area (Å²) in [6.07, 6.45) is 2.47. The van der Waals surface area contributed by atoms with Crippen molar-refractivity contribution in [1.82, 2.24) is 19.9 Å². The summed E-state index contributed by atoms with van der Waals surface area (Å²) < 4.78 is 0. The highest BCUT2D eigenvalue weighted by Crippen LogP contribution is 2.26. The number of hydrogen-bond donors (Lipinski definition) is 2. The van der Waals surface area contributed by atoms with Gasteiger partial charge in [0.1, 0.15) is 11.3 Å². The normalized spacial score (nSPS) is 16.6. The number of hydrogen-bond acceptors (Lipinski definition) is 4. The summed E-state index contributed by atoms with van der Waals surface area (Å²) in [4.78, 5) is 47.5. The molecule has 144 valence electrons. The van der Waals surface area contributed by atoms with Crippen molar-refractivity contribution in [3.8, 4) is 0 Å². The molecular weight excluding hydrogens is 380 g/mol. The van der Waals surface area contributed by atoms with Gasteiger partial charge in [0.05, 0.1) is 5.39 Å². The molecular formula is C20H19ClN4O3. The highest BCUT2D eigenvalue weighted by atomic mass is 35.5. The fourth-order valence-corrected chi connectivity index (χ4v) is 4.06. The number of nitrogens with one attached hydrogen (secondary N) is 2. The van der Waals surface area contributed by atoms with Gasteiger partial charge in [0, 0.05) is 17.6 Å². The smallest absolute Gasteiger partial charge is 0.327 e. The second kappa shape index (κ2) is 7.24. The Morgan fingerprint density at radius 1 is 1.29 bits per heavy atom. The minimum atomic E-state index is -0.647. The van der Waals surface area contributed by atoms with Crippen LogP contribution in [-0.2, 0) is 6.42 Å². The largest absolute Gasteiger partial charge is 0.334 e. The van der Waals surface area contributed by atoms with E-state index in [1.807, 2.05) is 29.2 Å². The number of pyridine rings is 1. The van der Waals surface area contributed by atoms with Crippen LogP contribution in [0.15, 0.2) is 39.9 Å². The molecule has 0 bridgehead atoms. The van der Waals surface area contributed by atoms with Crippen molar-refractivity contribution in [3.63, 3.8) is 0 Å². The van der Waals surface area contributed by atoms with E-state index < -0.39 is 11.2 Å². The van der Waals surface area contributed by atoms with Crippen LogP contribution in [0.1, 0.15) is 34.5 Å². The molecule has 0 saturated carbocycles. The lowest BCUT2D eigenvalue weighted by atomic mass is 10.0. The summed E-state index contributed by atoms with van der Waals surface area (Å²) in [6.45, 7) is 2.36. The lowest BCUT2D eigenvalue weighted by Gasteiger charge is -2.25. The first kappa shape index (κ1) is 18.4. The Hall–Kier alpha value is -2.93. The van der Waals surface area contributed by atoms with Crippen LogP contribution in [-0.4, -0.2) is 38.3 Å².